The Morgan fingerprint density at radius 3 is 2.50 bits per heavy atom. The van der Waals surface area contributed by atoms with Crippen LogP contribution in [0.5, 0.6) is 0 Å². The number of nitrogens with zero attached hydrogens (tertiary/aromatic N) is 2. The zero-order chi connectivity index (χ0) is 20.8. The summed E-state index contributed by atoms with van der Waals surface area (Å²) in [6, 6.07) is 16.9. The summed E-state index contributed by atoms with van der Waals surface area (Å²) in [4.78, 5) is 42.8. The topological polar surface area (TPSA) is 66.9 Å². The number of piperazine rings is 1. The van der Waals surface area contributed by atoms with E-state index in [2.05, 4.69) is 0 Å². The average Bonchev–Trinajstić information content (AvgIpc) is 3.15. The predicted molar refractivity (Wildman–Crippen MR) is 111 cm³/mol. The minimum Gasteiger partial charge on any atom is -0.466 e. The fourth-order valence-corrected chi connectivity index (χ4v) is 5.47. The number of ether oxygens (including phenoxy) is 1. The Morgan fingerprint density at radius 1 is 1.00 bits per heavy atom. The monoisotopic (exact) mass is 404 g/mol. The van der Waals surface area contributed by atoms with Gasteiger partial charge in [-0.3, -0.25) is 14.4 Å². The van der Waals surface area contributed by atoms with E-state index in [-0.39, 0.29) is 49.3 Å². The van der Waals surface area contributed by atoms with Crippen LogP contribution in [-0.2, 0) is 25.5 Å². The van der Waals surface area contributed by atoms with E-state index in [1.807, 2.05) is 59.5 Å². The molecule has 2 aromatic rings. The molecule has 0 spiro atoms. The molecule has 6 nitrogen and oxygen atoms in total. The van der Waals surface area contributed by atoms with Crippen molar-refractivity contribution >= 4 is 23.5 Å². The molecule has 5 rings (SSSR count). The zero-order valence-electron chi connectivity index (χ0n) is 16.9. The number of esters is 1. The number of anilines is 1. The normalized spacial score (nSPS) is 27.4. The van der Waals surface area contributed by atoms with E-state index < -0.39 is 12.0 Å². The maximum Gasteiger partial charge on any atom is 0.311 e. The fourth-order valence-electron chi connectivity index (χ4n) is 5.47. The van der Waals surface area contributed by atoms with E-state index in [4.69, 9.17) is 4.74 Å². The summed E-state index contributed by atoms with van der Waals surface area (Å²) in [5.74, 6) is -1.23. The van der Waals surface area contributed by atoms with Gasteiger partial charge in [0.1, 0.15) is 6.54 Å². The lowest BCUT2D eigenvalue weighted by molar-refractivity contribution is -0.162. The lowest BCUT2D eigenvalue weighted by Gasteiger charge is -2.51. The van der Waals surface area contributed by atoms with Crippen LogP contribution in [0, 0.1) is 5.92 Å². The molecule has 0 bridgehead atoms. The van der Waals surface area contributed by atoms with E-state index in [0.29, 0.717) is 6.42 Å². The van der Waals surface area contributed by atoms with Gasteiger partial charge in [-0.1, -0.05) is 48.5 Å². The molecule has 3 aliphatic heterocycles. The summed E-state index contributed by atoms with van der Waals surface area (Å²) in [5, 5.41) is 0. The highest BCUT2D eigenvalue weighted by atomic mass is 16.5. The Hall–Kier alpha value is -3.15. The molecule has 6 heteroatoms. The van der Waals surface area contributed by atoms with Crippen LogP contribution in [0.3, 0.4) is 0 Å². The molecule has 0 aliphatic carbocycles. The number of rotatable bonds is 3. The SMILES string of the molecule is CCOC(=O)[C@@H]1[C@H]2[C@@H]3Cc4ccccc4N3C(=O)CN2C(=O)C[C@@H]1c1ccccc1. The Bertz CT molecular complexity index is 1010. The second-order valence-corrected chi connectivity index (χ2v) is 8.18. The van der Waals surface area contributed by atoms with Gasteiger partial charge < -0.3 is 14.5 Å². The van der Waals surface area contributed by atoms with Crippen LogP contribution in [0.2, 0.25) is 0 Å². The summed E-state index contributed by atoms with van der Waals surface area (Å²) in [5.41, 5.74) is 2.93. The van der Waals surface area contributed by atoms with Gasteiger partial charge in [-0.25, -0.2) is 0 Å². The summed E-state index contributed by atoms with van der Waals surface area (Å²) < 4.78 is 5.49. The van der Waals surface area contributed by atoms with Crippen LogP contribution in [-0.4, -0.2) is 47.9 Å². The van der Waals surface area contributed by atoms with Crippen molar-refractivity contribution in [3.8, 4) is 0 Å². The van der Waals surface area contributed by atoms with Crippen LogP contribution < -0.4 is 4.90 Å². The molecule has 0 aromatic heterocycles. The number of para-hydroxylation sites is 1. The first-order chi connectivity index (χ1) is 14.6. The molecule has 3 aliphatic rings. The van der Waals surface area contributed by atoms with Gasteiger partial charge >= 0.3 is 5.97 Å². The smallest absolute Gasteiger partial charge is 0.311 e. The number of carbonyl (C=O) groups is 3. The van der Waals surface area contributed by atoms with Crippen molar-refractivity contribution in [1.82, 2.24) is 4.90 Å². The first-order valence-corrected chi connectivity index (χ1v) is 10.5. The van der Waals surface area contributed by atoms with Crippen molar-refractivity contribution in [1.29, 1.82) is 0 Å². The van der Waals surface area contributed by atoms with Crippen molar-refractivity contribution in [3.05, 3.63) is 65.7 Å². The van der Waals surface area contributed by atoms with E-state index in [0.717, 1.165) is 16.8 Å². The van der Waals surface area contributed by atoms with E-state index in [1.165, 1.54) is 0 Å². The molecular weight excluding hydrogens is 380 g/mol. The standard InChI is InChI=1S/C24H24N2O4/c1-2-30-24(29)22-17(15-8-4-3-5-9-15)13-20(27)25-14-21(28)26-18-11-7-6-10-16(18)12-19(26)23(22)25/h3-11,17,19,22-23H,2,12-14H2,1H3/t17-,19+,22+,23-/m1/s1. The minimum atomic E-state index is -0.514. The number of fused-ring (bicyclic) bond motifs is 5. The van der Waals surface area contributed by atoms with Gasteiger partial charge in [0, 0.05) is 18.0 Å². The molecule has 0 radical (unpaired) electrons. The maximum absolute atomic E-state index is 13.2. The highest BCUT2D eigenvalue weighted by Crippen LogP contribution is 2.46. The van der Waals surface area contributed by atoms with Gasteiger partial charge in [0.2, 0.25) is 11.8 Å². The van der Waals surface area contributed by atoms with Crippen molar-refractivity contribution in [2.45, 2.75) is 37.8 Å². The third-order valence-electron chi connectivity index (χ3n) is 6.64. The summed E-state index contributed by atoms with van der Waals surface area (Å²) in [6.07, 6.45) is 0.838. The maximum atomic E-state index is 13.2. The number of hydrogen-bond acceptors (Lipinski definition) is 4. The summed E-state index contributed by atoms with van der Waals surface area (Å²) in [7, 11) is 0. The average molecular weight is 404 g/mol. The quantitative estimate of drug-likeness (QED) is 0.738. The van der Waals surface area contributed by atoms with Crippen LogP contribution in [0.1, 0.15) is 30.4 Å². The minimum absolute atomic E-state index is 0.00570. The largest absolute Gasteiger partial charge is 0.466 e. The number of piperidine rings is 1. The van der Waals surface area contributed by atoms with Crippen molar-refractivity contribution < 1.29 is 19.1 Å². The van der Waals surface area contributed by atoms with Gasteiger partial charge in [0.05, 0.1) is 24.6 Å². The molecule has 2 aromatic carbocycles. The van der Waals surface area contributed by atoms with Gasteiger partial charge in [0.25, 0.3) is 0 Å². The zero-order valence-corrected chi connectivity index (χ0v) is 16.9. The molecule has 2 fully saturated rings. The number of hydrogen-bond donors (Lipinski definition) is 0. The summed E-state index contributed by atoms with van der Waals surface area (Å²) >= 11 is 0. The van der Waals surface area contributed by atoms with Gasteiger partial charge in [-0.05, 0) is 30.5 Å². The third kappa shape index (κ3) is 2.82. The highest BCUT2D eigenvalue weighted by molar-refractivity contribution is 6.01. The molecule has 2 amide bonds. The Morgan fingerprint density at radius 2 is 1.73 bits per heavy atom. The van der Waals surface area contributed by atoms with Crippen molar-refractivity contribution in [2.24, 2.45) is 5.92 Å². The Kier molecular flexibility index (Phi) is 4.57. The fraction of sp³-hybridized carbons (Fsp3) is 0.375. The second kappa shape index (κ2) is 7.27. The molecule has 0 N–H and O–H groups in total. The first-order valence-electron chi connectivity index (χ1n) is 10.5. The molecular formula is C24H24N2O4. The Balaban J connectivity index is 1.61. The summed E-state index contributed by atoms with van der Waals surface area (Å²) in [6.45, 7) is 2.08. The number of amides is 2. The van der Waals surface area contributed by atoms with Crippen molar-refractivity contribution in [2.75, 3.05) is 18.1 Å². The highest BCUT2D eigenvalue weighted by Gasteiger charge is 2.56. The molecule has 30 heavy (non-hydrogen) atoms. The lowest BCUT2D eigenvalue weighted by atomic mass is 9.71. The van der Waals surface area contributed by atoms with Crippen LogP contribution in [0.25, 0.3) is 0 Å². The molecule has 2 saturated heterocycles. The number of carbonyl (C=O) groups excluding carboxylic acids is 3. The van der Waals surface area contributed by atoms with Gasteiger partial charge in [-0.2, -0.15) is 0 Å². The third-order valence-corrected chi connectivity index (χ3v) is 6.64. The van der Waals surface area contributed by atoms with Crippen LogP contribution in [0.4, 0.5) is 5.69 Å². The molecule has 3 heterocycles. The Labute approximate surface area is 175 Å². The molecule has 154 valence electrons. The lowest BCUT2D eigenvalue weighted by Crippen LogP contribution is -2.69. The van der Waals surface area contributed by atoms with Gasteiger partial charge in [-0.15, -0.1) is 0 Å². The first kappa shape index (κ1) is 18.9. The molecule has 0 saturated carbocycles. The molecule has 4 atom stereocenters. The number of benzene rings is 2. The van der Waals surface area contributed by atoms with Crippen LogP contribution in [0.15, 0.2) is 54.6 Å². The van der Waals surface area contributed by atoms with Crippen LogP contribution >= 0.6 is 0 Å². The van der Waals surface area contributed by atoms with Crippen molar-refractivity contribution in [3.63, 3.8) is 0 Å². The van der Waals surface area contributed by atoms with E-state index in [1.54, 1.807) is 11.8 Å². The van der Waals surface area contributed by atoms with E-state index in [9.17, 15) is 14.4 Å². The molecule has 0 unspecified atom stereocenters. The second-order valence-electron chi connectivity index (χ2n) is 8.18. The van der Waals surface area contributed by atoms with Gasteiger partial charge in [0.15, 0.2) is 0 Å². The van der Waals surface area contributed by atoms with E-state index >= 15 is 0 Å². The predicted octanol–water partition coefficient (Wildman–Crippen LogP) is 2.52.